The summed E-state index contributed by atoms with van der Waals surface area (Å²) < 4.78 is 0. The Hall–Kier alpha value is -1.54. The first kappa shape index (κ1) is 12.5. The lowest BCUT2D eigenvalue weighted by Crippen LogP contribution is -2.26. The zero-order valence-electron chi connectivity index (χ0n) is 11.7. The number of anilines is 1. The van der Waals surface area contributed by atoms with Gasteiger partial charge in [-0.2, -0.15) is 0 Å². The zero-order valence-corrected chi connectivity index (χ0v) is 11.7. The SMILES string of the molecule is CCCCN1CCN(c2cccc3ccccc23)C1. The van der Waals surface area contributed by atoms with Crippen LogP contribution in [0.5, 0.6) is 0 Å². The molecule has 1 aliphatic heterocycles. The van der Waals surface area contributed by atoms with Gasteiger partial charge in [0.05, 0.1) is 6.67 Å². The molecule has 100 valence electrons. The average molecular weight is 254 g/mol. The molecule has 0 saturated carbocycles. The number of nitrogens with zero attached hydrogens (tertiary/aromatic N) is 2. The third-order valence-corrected chi connectivity index (χ3v) is 3.99. The fourth-order valence-electron chi connectivity index (χ4n) is 2.89. The Morgan fingerprint density at radius 1 is 1.00 bits per heavy atom. The molecular formula is C17H22N2. The molecule has 0 radical (unpaired) electrons. The van der Waals surface area contributed by atoms with Crippen LogP contribution in [0.1, 0.15) is 19.8 Å². The summed E-state index contributed by atoms with van der Waals surface area (Å²) in [4.78, 5) is 5.07. The predicted molar refractivity (Wildman–Crippen MR) is 82.6 cm³/mol. The Morgan fingerprint density at radius 2 is 1.84 bits per heavy atom. The molecule has 0 bridgehead atoms. The lowest BCUT2D eigenvalue weighted by Gasteiger charge is -2.21. The summed E-state index contributed by atoms with van der Waals surface area (Å²) in [6.45, 7) is 6.92. The minimum atomic E-state index is 1.08. The van der Waals surface area contributed by atoms with Crippen molar-refractivity contribution in [1.82, 2.24) is 4.90 Å². The summed E-state index contributed by atoms with van der Waals surface area (Å²) in [5.41, 5.74) is 1.39. The lowest BCUT2D eigenvalue weighted by molar-refractivity contribution is 0.335. The first-order valence-electron chi connectivity index (χ1n) is 7.33. The Balaban J connectivity index is 1.82. The first-order valence-corrected chi connectivity index (χ1v) is 7.33. The summed E-state index contributed by atoms with van der Waals surface area (Å²) in [6.07, 6.45) is 2.59. The van der Waals surface area contributed by atoms with Crippen molar-refractivity contribution in [3.05, 3.63) is 42.5 Å². The number of rotatable bonds is 4. The molecule has 0 unspecified atom stereocenters. The molecule has 2 heteroatoms. The lowest BCUT2D eigenvalue weighted by atomic mass is 10.1. The van der Waals surface area contributed by atoms with Crippen LogP contribution < -0.4 is 4.90 Å². The van der Waals surface area contributed by atoms with Gasteiger partial charge in [0.1, 0.15) is 0 Å². The average Bonchev–Trinajstić information content (AvgIpc) is 2.93. The van der Waals surface area contributed by atoms with Crippen molar-refractivity contribution in [3.8, 4) is 0 Å². The van der Waals surface area contributed by atoms with E-state index in [0.29, 0.717) is 0 Å². The molecule has 3 rings (SSSR count). The van der Waals surface area contributed by atoms with Gasteiger partial charge in [0, 0.05) is 24.2 Å². The van der Waals surface area contributed by atoms with E-state index in [2.05, 4.69) is 59.2 Å². The standard InChI is InChI=1S/C17H22N2/c1-2-3-11-18-12-13-19(14-18)17-10-6-8-15-7-4-5-9-16(15)17/h4-10H,2-3,11-14H2,1H3. The molecule has 0 N–H and O–H groups in total. The van der Waals surface area contributed by atoms with E-state index in [0.717, 1.165) is 13.2 Å². The van der Waals surface area contributed by atoms with Gasteiger partial charge in [-0.3, -0.25) is 4.90 Å². The molecule has 1 heterocycles. The van der Waals surface area contributed by atoms with Gasteiger partial charge in [-0.1, -0.05) is 49.7 Å². The van der Waals surface area contributed by atoms with Crippen molar-refractivity contribution in [2.75, 3.05) is 31.2 Å². The molecule has 1 fully saturated rings. The van der Waals surface area contributed by atoms with E-state index in [1.54, 1.807) is 0 Å². The van der Waals surface area contributed by atoms with Crippen molar-refractivity contribution in [2.24, 2.45) is 0 Å². The van der Waals surface area contributed by atoms with Crippen LogP contribution in [-0.2, 0) is 0 Å². The Kier molecular flexibility index (Phi) is 3.69. The molecule has 19 heavy (non-hydrogen) atoms. The van der Waals surface area contributed by atoms with Gasteiger partial charge in [-0.25, -0.2) is 0 Å². The number of hydrogen-bond acceptors (Lipinski definition) is 2. The highest BCUT2D eigenvalue weighted by atomic mass is 15.4. The largest absolute Gasteiger partial charge is 0.357 e. The van der Waals surface area contributed by atoms with E-state index in [-0.39, 0.29) is 0 Å². The summed E-state index contributed by atoms with van der Waals surface area (Å²) in [5.74, 6) is 0. The van der Waals surface area contributed by atoms with Crippen LogP contribution in [0.3, 0.4) is 0 Å². The van der Waals surface area contributed by atoms with Crippen molar-refractivity contribution in [1.29, 1.82) is 0 Å². The van der Waals surface area contributed by atoms with E-state index in [9.17, 15) is 0 Å². The van der Waals surface area contributed by atoms with Crippen LogP contribution in [-0.4, -0.2) is 31.2 Å². The Morgan fingerprint density at radius 3 is 2.74 bits per heavy atom. The Bertz CT molecular complexity index is 544. The fraction of sp³-hybridized carbons (Fsp3) is 0.412. The third-order valence-electron chi connectivity index (χ3n) is 3.99. The maximum atomic E-state index is 2.56. The Labute approximate surface area is 115 Å². The van der Waals surface area contributed by atoms with Crippen molar-refractivity contribution < 1.29 is 0 Å². The van der Waals surface area contributed by atoms with E-state index >= 15 is 0 Å². The number of hydrogen-bond donors (Lipinski definition) is 0. The zero-order chi connectivity index (χ0) is 13.1. The maximum absolute atomic E-state index is 2.56. The normalized spacial score (nSPS) is 16.4. The molecule has 0 atom stereocenters. The molecular weight excluding hydrogens is 232 g/mol. The van der Waals surface area contributed by atoms with Gasteiger partial charge in [0.15, 0.2) is 0 Å². The topological polar surface area (TPSA) is 6.48 Å². The van der Waals surface area contributed by atoms with Gasteiger partial charge in [0.25, 0.3) is 0 Å². The maximum Gasteiger partial charge on any atom is 0.0708 e. The third kappa shape index (κ3) is 2.59. The van der Waals surface area contributed by atoms with Crippen LogP contribution in [0, 0.1) is 0 Å². The van der Waals surface area contributed by atoms with Crippen molar-refractivity contribution in [2.45, 2.75) is 19.8 Å². The first-order chi connectivity index (χ1) is 9.38. The van der Waals surface area contributed by atoms with E-state index in [4.69, 9.17) is 0 Å². The monoisotopic (exact) mass is 254 g/mol. The molecule has 0 aliphatic carbocycles. The minimum Gasteiger partial charge on any atom is -0.357 e. The summed E-state index contributed by atoms with van der Waals surface area (Å²) in [7, 11) is 0. The van der Waals surface area contributed by atoms with Crippen LogP contribution in [0.15, 0.2) is 42.5 Å². The molecule has 2 aromatic carbocycles. The number of unbranched alkanes of at least 4 members (excludes halogenated alkanes) is 1. The summed E-state index contributed by atoms with van der Waals surface area (Å²) >= 11 is 0. The van der Waals surface area contributed by atoms with Gasteiger partial charge in [0.2, 0.25) is 0 Å². The summed E-state index contributed by atoms with van der Waals surface area (Å²) in [6, 6.07) is 15.3. The fourth-order valence-corrected chi connectivity index (χ4v) is 2.89. The van der Waals surface area contributed by atoms with Gasteiger partial charge < -0.3 is 4.90 Å². The second kappa shape index (κ2) is 5.62. The molecule has 2 nitrogen and oxygen atoms in total. The van der Waals surface area contributed by atoms with Crippen molar-refractivity contribution >= 4 is 16.5 Å². The molecule has 0 aromatic heterocycles. The van der Waals surface area contributed by atoms with Crippen LogP contribution in [0.2, 0.25) is 0 Å². The highest BCUT2D eigenvalue weighted by molar-refractivity contribution is 5.94. The van der Waals surface area contributed by atoms with Gasteiger partial charge in [-0.15, -0.1) is 0 Å². The predicted octanol–water partition coefficient (Wildman–Crippen LogP) is 3.72. The van der Waals surface area contributed by atoms with Crippen molar-refractivity contribution in [3.63, 3.8) is 0 Å². The van der Waals surface area contributed by atoms with Gasteiger partial charge in [-0.05, 0) is 24.4 Å². The number of benzene rings is 2. The number of fused-ring (bicyclic) bond motifs is 1. The highest BCUT2D eigenvalue weighted by Crippen LogP contribution is 2.28. The van der Waals surface area contributed by atoms with Crippen LogP contribution >= 0.6 is 0 Å². The molecule has 0 spiro atoms. The molecule has 1 aliphatic rings. The second-order valence-electron chi connectivity index (χ2n) is 5.37. The molecule has 0 amide bonds. The smallest absolute Gasteiger partial charge is 0.0708 e. The van der Waals surface area contributed by atoms with E-state index < -0.39 is 0 Å². The summed E-state index contributed by atoms with van der Waals surface area (Å²) in [5, 5.41) is 2.72. The second-order valence-corrected chi connectivity index (χ2v) is 5.37. The molecule has 1 saturated heterocycles. The van der Waals surface area contributed by atoms with E-state index in [1.807, 2.05) is 0 Å². The van der Waals surface area contributed by atoms with Crippen LogP contribution in [0.25, 0.3) is 10.8 Å². The van der Waals surface area contributed by atoms with E-state index in [1.165, 1.54) is 42.4 Å². The minimum absolute atomic E-state index is 1.08. The van der Waals surface area contributed by atoms with Crippen LogP contribution in [0.4, 0.5) is 5.69 Å². The quantitative estimate of drug-likeness (QED) is 0.820. The highest BCUT2D eigenvalue weighted by Gasteiger charge is 2.20. The molecule has 2 aromatic rings. The van der Waals surface area contributed by atoms with Gasteiger partial charge >= 0.3 is 0 Å².